The molecule has 14 atom stereocenters. The molecule has 60 heavy (non-hydrogen) atoms. The number of esters is 1. The molecule has 14 nitrogen and oxygen atoms in total. The average molecular weight is 836 g/mol. The number of hydrogen-bond acceptors (Lipinski definition) is 13. The first-order valence-corrected chi connectivity index (χ1v) is 21.5. The fraction of sp³-hybridized carbons (Fsp3) is 0.652. The van der Waals surface area contributed by atoms with E-state index in [0.717, 1.165) is 11.1 Å². The van der Waals surface area contributed by atoms with E-state index in [9.17, 15) is 19.5 Å². The van der Waals surface area contributed by atoms with E-state index in [1.54, 1.807) is 20.8 Å². The van der Waals surface area contributed by atoms with Crippen molar-refractivity contribution in [2.24, 2.45) is 28.8 Å². The maximum absolute atomic E-state index is 14.5. The van der Waals surface area contributed by atoms with Crippen molar-refractivity contribution in [3.63, 3.8) is 0 Å². The Morgan fingerprint density at radius 1 is 0.950 bits per heavy atom. The van der Waals surface area contributed by atoms with E-state index in [4.69, 9.17) is 33.3 Å². The van der Waals surface area contributed by atoms with Crippen LogP contribution in [0.1, 0.15) is 81.1 Å². The van der Waals surface area contributed by atoms with E-state index in [0.29, 0.717) is 30.7 Å². The van der Waals surface area contributed by atoms with Crippen LogP contribution in [0.4, 0.5) is 4.79 Å². The average Bonchev–Trinajstić information content (AvgIpc) is 3.54. The Hall–Kier alpha value is -3.92. The number of nitrogens with zero attached hydrogens (tertiary/aromatic N) is 2. The van der Waals surface area contributed by atoms with E-state index in [2.05, 4.69) is 10.5 Å². The minimum absolute atomic E-state index is 0.00522. The molecule has 2 N–H and O–H groups in total. The Kier molecular flexibility index (Phi) is 14.4. The van der Waals surface area contributed by atoms with Gasteiger partial charge in [-0.1, -0.05) is 75.3 Å². The molecule has 0 aliphatic carbocycles. The van der Waals surface area contributed by atoms with Crippen LogP contribution in [0, 0.1) is 23.7 Å². The molecule has 4 heterocycles. The summed E-state index contributed by atoms with van der Waals surface area (Å²) in [6.07, 6.45) is -4.17. The zero-order chi connectivity index (χ0) is 43.5. The van der Waals surface area contributed by atoms with Gasteiger partial charge in [-0.15, -0.1) is 0 Å². The molecule has 6 rings (SSSR count). The molecule has 14 heteroatoms. The number of aliphatic hydroxyl groups is 1. The monoisotopic (exact) mass is 835 g/mol. The minimum Gasteiger partial charge on any atom is -0.458 e. The second kappa shape index (κ2) is 19.0. The number of oxime groups is 1. The number of ketones is 1. The largest absolute Gasteiger partial charge is 0.458 e. The first-order chi connectivity index (χ1) is 28.4. The van der Waals surface area contributed by atoms with Crippen LogP contribution in [0.3, 0.4) is 0 Å². The molecule has 0 radical (unpaired) electrons. The highest BCUT2D eigenvalue weighted by Crippen LogP contribution is 2.42. The molecule has 0 saturated carbocycles. The fourth-order valence-corrected chi connectivity index (χ4v) is 9.76. The summed E-state index contributed by atoms with van der Waals surface area (Å²) in [7, 11) is 3.82. The lowest BCUT2D eigenvalue weighted by Crippen LogP contribution is -2.61. The van der Waals surface area contributed by atoms with Crippen molar-refractivity contribution in [2.75, 3.05) is 27.3 Å². The SMILES string of the molecule is CC[C@H]1OC(=O)[C@H](C)[C@H]2OC/C(=N\Oc3ccc(-c4ccccc4)cc3)CCO[C@](C)(C[C@@H](C)C(=O)[C@H](C)[C@H]3NC(=O)O[C@@]31C)[C@H](O[C@@H]1O[C@H](C)C[C@H](N(C)C)[C@H]1O)[C@H]2C. The standard InChI is InChI=1S/C46H65N3O11/c1-11-36-46(8)40(47-44(53)59-46)28(4)37(50)26(2)24-45(7)41(58-43-38(51)35(49(9)10)23-27(3)56-43)29(5)39(30(6)42(52)57-36)54-25-33(21-22-55-45)48-60-34-19-17-32(18-20-34)31-15-13-12-14-16-31/h12-20,26-30,35-36,38-41,43,51H,11,21-25H2,1-10H3,(H,47,53)/b48-33-/t26-,27-,28+,29+,30-,35+,36-,38-,39+,40-,41-,43+,45-,46-/m1/s1. The molecule has 2 aromatic rings. The number of ether oxygens (including phenoxy) is 6. The molecule has 0 spiro atoms. The summed E-state index contributed by atoms with van der Waals surface area (Å²) < 4.78 is 39.0. The highest BCUT2D eigenvalue weighted by molar-refractivity contribution is 5.86. The van der Waals surface area contributed by atoms with Crippen molar-refractivity contribution in [3.05, 3.63) is 54.6 Å². The van der Waals surface area contributed by atoms with Gasteiger partial charge in [-0.3, -0.25) is 9.59 Å². The number of rotatable bonds is 7. The third kappa shape index (κ3) is 9.74. The predicted molar refractivity (Wildman–Crippen MR) is 224 cm³/mol. The van der Waals surface area contributed by atoms with E-state index in [1.165, 1.54) is 0 Å². The number of nitrogens with one attached hydrogen (secondary N) is 1. The van der Waals surface area contributed by atoms with Crippen LogP contribution in [0.2, 0.25) is 0 Å². The maximum Gasteiger partial charge on any atom is 0.408 e. The molecule has 4 aliphatic heterocycles. The second-order valence-corrected chi connectivity index (χ2v) is 17.9. The van der Waals surface area contributed by atoms with Crippen LogP contribution in [0.15, 0.2) is 59.8 Å². The summed E-state index contributed by atoms with van der Waals surface area (Å²) in [5.41, 5.74) is 0.127. The van der Waals surface area contributed by atoms with Crippen LogP contribution in [0.5, 0.6) is 5.75 Å². The van der Waals surface area contributed by atoms with Crippen LogP contribution in [-0.4, -0.2) is 121 Å². The fourth-order valence-electron chi connectivity index (χ4n) is 9.76. The van der Waals surface area contributed by atoms with Gasteiger partial charge >= 0.3 is 12.1 Å². The maximum atomic E-state index is 14.5. The van der Waals surface area contributed by atoms with Gasteiger partial charge in [0.2, 0.25) is 0 Å². The molecular weight excluding hydrogens is 771 g/mol. The Morgan fingerprint density at radius 2 is 1.63 bits per heavy atom. The van der Waals surface area contributed by atoms with E-state index in [-0.39, 0.29) is 37.6 Å². The molecule has 4 fully saturated rings. The van der Waals surface area contributed by atoms with Crippen molar-refractivity contribution in [1.29, 1.82) is 0 Å². The van der Waals surface area contributed by atoms with Gasteiger partial charge in [0.25, 0.3) is 0 Å². The molecule has 4 saturated heterocycles. The van der Waals surface area contributed by atoms with E-state index in [1.807, 2.05) is 108 Å². The number of carbonyl (C=O) groups excluding carboxylic acids is 3. The molecule has 0 unspecified atom stereocenters. The topological polar surface area (TPSA) is 164 Å². The molecule has 4 aliphatic rings. The minimum atomic E-state index is -1.33. The van der Waals surface area contributed by atoms with Gasteiger partial charge in [-0.05, 0) is 84.3 Å². The number of aliphatic hydroxyl groups excluding tert-OH is 1. The number of cyclic esters (lactones) is 1. The molecule has 0 aromatic heterocycles. The number of alkyl carbamates (subject to hydrolysis) is 1. The molecule has 2 aromatic carbocycles. The Morgan fingerprint density at radius 3 is 2.30 bits per heavy atom. The third-order valence-corrected chi connectivity index (χ3v) is 13.1. The number of fused-ring (bicyclic) bond motifs is 4. The smallest absolute Gasteiger partial charge is 0.408 e. The molecule has 330 valence electrons. The summed E-state index contributed by atoms with van der Waals surface area (Å²) in [6.45, 7) is 14.8. The second-order valence-electron chi connectivity index (χ2n) is 17.9. The lowest BCUT2D eigenvalue weighted by Gasteiger charge is -2.49. The van der Waals surface area contributed by atoms with Crippen molar-refractivity contribution in [1.82, 2.24) is 10.2 Å². The van der Waals surface area contributed by atoms with Gasteiger partial charge in [-0.25, -0.2) is 4.79 Å². The summed E-state index contributed by atoms with van der Waals surface area (Å²) in [5, 5.41) is 19.1. The van der Waals surface area contributed by atoms with Crippen LogP contribution in [-0.2, 0) is 38.0 Å². The Bertz CT molecular complexity index is 1830. The first kappa shape index (κ1) is 45.6. The number of hydrogen-bond donors (Lipinski definition) is 2. The van der Waals surface area contributed by atoms with Gasteiger partial charge in [0.1, 0.15) is 18.0 Å². The third-order valence-electron chi connectivity index (χ3n) is 13.1. The number of carbonyl (C=O) groups is 3. The van der Waals surface area contributed by atoms with Crippen LogP contribution in [0.25, 0.3) is 11.1 Å². The molecular formula is C46H65N3O11. The van der Waals surface area contributed by atoms with Crippen molar-refractivity contribution in [3.8, 4) is 16.9 Å². The Labute approximate surface area is 354 Å². The van der Waals surface area contributed by atoms with E-state index >= 15 is 0 Å². The Balaban J connectivity index is 1.39. The lowest BCUT2D eigenvalue weighted by atomic mass is 9.73. The number of amides is 1. The van der Waals surface area contributed by atoms with Crippen LogP contribution < -0.4 is 10.2 Å². The van der Waals surface area contributed by atoms with E-state index < -0.39 is 83.7 Å². The quantitative estimate of drug-likeness (QED) is 0.241. The predicted octanol–water partition coefficient (Wildman–Crippen LogP) is 6.17. The van der Waals surface area contributed by atoms with Crippen molar-refractivity contribution in [2.45, 2.75) is 141 Å². The van der Waals surface area contributed by atoms with Crippen molar-refractivity contribution >= 4 is 23.6 Å². The molecule has 1 amide bonds. The zero-order valence-electron chi connectivity index (χ0n) is 36.8. The summed E-state index contributed by atoms with van der Waals surface area (Å²) in [5.74, 6) is -2.98. The van der Waals surface area contributed by atoms with Gasteiger partial charge in [0.05, 0.1) is 54.8 Å². The van der Waals surface area contributed by atoms with Crippen LogP contribution >= 0.6 is 0 Å². The first-order valence-electron chi connectivity index (χ1n) is 21.5. The zero-order valence-corrected chi connectivity index (χ0v) is 36.8. The summed E-state index contributed by atoms with van der Waals surface area (Å²) >= 11 is 0. The van der Waals surface area contributed by atoms with Gasteiger partial charge < -0.3 is 48.6 Å². The lowest BCUT2D eigenvalue weighted by molar-refractivity contribution is -0.304. The summed E-state index contributed by atoms with van der Waals surface area (Å²) in [6, 6.07) is 16.7. The van der Waals surface area contributed by atoms with Crippen molar-refractivity contribution < 1.29 is 52.7 Å². The molecule has 2 bridgehead atoms. The van der Waals surface area contributed by atoms with Gasteiger partial charge in [0.15, 0.2) is 17.6 Å². The highest BCUT2D eigenvalue weighted by Gasteiger charge is 2.57. The number of likely N-dealkylation sites (N-methyl/N-ethyl adjacent to an activating group) is 1. The highest BCUT2D eigenvalue weighted by atomic mass is 16.7. The van der Waals surface area contributed by atoms with Gasteiger partial charge in [-0.2, -0.15) is 0 Å². The normalized spacial score (nSPS) is 39.0. The number of Topliss-reactive ketones (excluding diaryl/α,β-unsaturated/α-hetero) is 1. The van der Waals surface area contributed by atoms with Gasteiger partial charge in [0, 0.05) is 30.2 Å². The summed E-state index contributed by atoms with van der Waals surface area (Å²) in [4.78, 5) is 49.7. The number of benzene rings is 2.